The van der Waals surface area contributed by atoms with Gasteiger partial charge >= 0.3 is 6.18 Å². The van der Waals surface area contributed by atoms with Crippen molar-refractivity contribution in [1.82, 2.24) is 4.98 Å². The van der Waals surface area contributed by atoms with E-state index in [9.17, 15) is 18.0 Å². The van der Waals surface area contributed by atoms with Gasteiger partial charge in [-0.25, -0.2) is 4.98 Å². The molecule has 1 amide bonds. The number of hydrogen-bond donors (Lipinski definition) is 1. The van der Waals surface area contributed by atoms with Crippen molar-refractivity contribution in [2.45, 2.75) is 6.18 Å². The van der Waals surface area contributed by atoms with Gasteiger partial charge in [0, 0.05) is 12.3 Å². The van der Waals surface area contributed by atoms with Crippen molar-refractivity contribution in [2.24, 2.45) is 5.73 Å². The summed E-state index contributed by atoms with van der Waals surface area (Å²) in [5, 5.41) is 0. The van der Waals surface area contributed by atoms with Crippen molar-refractivity contribution >= 4 is 5.91 Å². The maximum Gasteiger partial charge on any atom is 0.416 e. The number of nitrogens with two attached hydrogens (primary N) is 1. The second-order valence-corrected chi connectivity index (χ2v) is 3.88. The number of ether oxygens (including phenoxy) is 1. The van der Waals surface area contributed by atoms with Crippen LogP contribution < -0.4 is 10.5 Å². The zero-order valence-electron chi connectivity index (χ0n) is 10.0. The summed E-state index contributed by atoms with van der Waals surface area (Å²) in [7, 11) is 0. The molecule has 2 rings (SSSR count). The lowest BCUT2D eigenvalue weighted by Crippen LogP contribution is -2.10. The van der Waals surface area contributed by atoms with Crippen LogP contribution >= 0.6 is 0 Å². The van der Waals surface area contributed by atoms with Crippen LogP contribution in [0.4, 0.5) is 13.2 Å². The number of hydrogen-bond acceptors (Lipinski definition) is 3. The SMILES string of the molecule is NC(=O)c1ccc(Oc2cccc(C(F)(F)F)c2)nc1. The zero-order chi connectivity index (χ0) is 14.8. The highest BCUT2D eigenvalue weighted by Gasteiger charge is 2.30. The molecular formula is C13H9F3N2O2. The number of amides is 1. The molecule has 0 saturated carbocycles. The monoisotopic (exact) mass is 282 g/mol. The summed E-state index contributed by atoms with van der Waals surface area (Å²) in [6.07, 6.45) is -3.26. The van der Waals surface area contributed by atoms with Crippen LogP contribution in [-0.2, 0) is 6.18 Å². The third-order valence-electron chi connectivity index (χ3n) is 2.40. The van der Waals surface area contributed by atoms with Crippen LogP contribution in [0.3, 0.4) is 0 Å². The van der Waals surface area contributed by atoms with Gasteiger partial charge in [0.1, 0.15) is 5.75 Å². The first-order valence-corrected chi connectivity index (χ1v) is 5.47. The molecular weight excluding hydrogens is 273 g/mol. The Bertz CT molecular complexity index is 624. The highest BCUT2D eigenvalue weighted by atomic mass is 19.4. The van der Waals surface area contributed by atoms with Crippen LogP contribution in [0.2, 0.25) is 0 Å². The molecule has 1 aromatic carbocycles. The van der Waals surface area contributed by atoms with E-state index < -0.39 is 17.6 Å². The molecule has 0 aliphatic rings. The molecule has 0 unspecified atom stereocenters. The quantitative estimate of drug-likeness (QED) is 0.941. The van der Waals surface area contributed by atoms with E-state index in [-0.39, 0.29) is 17.2 Å². The van der Waals surface area contributed by atoms with Crippen LogP contribution in [0.5, 0.6) is 11.6 Å². The van der Waals surface area contributed by atoms with Crippen molar-refractivity contribution in [3.05, 3.63) is 53.7 Å². The van der Waals surface area contributed by atoms with Crippen molar-refractivity contribution in [3.8, 4) is 11.6 Å². The molecule has 0 bridgehead atoms. The first-order valence-electron chi connectivity index (χ1n) is 5.47. The smallest absolute Gasteiger partial charge is 0.416 e. The Labute approximate surface area is 112 Å². The zero-order valence-corrected chi connectivity index (χ0v) is 10.0. The van der Waals surface area contributed by atoms with E-state index in [1.165, 1.54) is 30.5 Å². The largest absolute Gasteiger partial charge is 0.439 e. The number of carbonyl (C=O) groups excluding carboxylic acids is 1. The van der Waals surface area contributed by atoms with Gasteiger partial charge in [-0.15, -0.1) is 0 Å². The standard InChI is InChI=1S/C13H9F3N2O2/c14-13(15,16)9-2-1-3-10(6-9)20-11-5-4-8(7-18-11)12(17)19/h1-7H,(H2,17,19). The second-order valence-electron chi connectivity index (χ2n) is 3.88. The molecule has 1 aromatic heterocycles. The van der Waals surface area contributed by atoms with Crippen LogP contribution in [0.1, 0.15) is 15.9 Å². The molecule has 0 saturated heterocycles. The summed E-state index contributed by atoms with van der Waals surface area (Å²) < 4.78 is 42.8. The predicted molar refractivity (Wildman–Crippen MR) is 64.3 cm³/mol. The third-order valence-corrected chi connectivity index (χ3v) is 2.40. The van der Waals surface area contributed by atoms with Gasteiger partial charge in [0.2, 0.25) is 11.8 Å². The van der Waals surface area contributed by atoms with Gasteiger partial charge < -0.3 is 10.5 Å². The van der Waals surface area contributed by atoms with E-state index in [0.717, 1.165) is 12.1 Å². The van der Waals surface area contributed by atoms with E-state index in [0.29, 0.717) is 0 Å². The summed E-state index contributed by atoms with van der Waals surface area (Å²) in [5.74, 6) is -0.586. The van der Waals surface area contributed by atoms with Gasteiger partial charge in [-0.1, -0.05) is 6.07 Å². The third kappa shape index (κ3) is 3.25. The van der Waals surface area contributed by atoms with Crippen molar-refractivity contribution < 1.29 is 22.7 Å². The van der Waals surface area contributed by atoms with Crippen molar-refractivity contribution in [3.63, 3.8) is 0 Å². The lowest BCUT2D eigenvalue weighted by atomic mass is 10.2. The minimum atomic E-state index is -4.44. The minimum Gasteiger partial charge on any atom is -0.439 e. The Hall–Kier alpha value is -2.57. The molecule has 104 valence electrons. The van der Waals surface area contributed by atoms with E-state index >= 15 is 0 Å². The van der Waals surface area contributed by atoms with E-state index in [2.05, 4.69) is 4.98 Å². The summed E-state index contributed by atoms with van der Waals surface area (Å²) in [6.45, 7) is 0. The van der Waals surface area contributed by atoms with Gasteiger partial charge in [0.15, 0.2) is 0 Å². The molecule has 0 spiro atoms. The number of nitrogens with zero attached hydrogens (tertiary/aromatic N) is 1. The normalized spacial score (nSPS) is 11.2. The fraction of sp³-hybridized carbons (Fsp3) is 0.0769. The van der Waals surface area contributed by atoms with E-state index in [1.807, 2.05) is 0 Å². The second kappa shape index (κ2) is 5.20. The number of carbonyl (C=O) groups is 1. The fourth-order valence-corrected chi connectivity index (χ4v) is 1.44. The van der Waals surface area contributed by atoms with Crippen LogP contribution in [0.15, 0.2) is 42.6 Å². The summed E-state index contributed by atoms with van der Waals surface area (Å²) in [4.78, 5) is 14.6. The Kier molecular flexibility index (Phi) is 3.60. The summed E-state index contributed by atoms with van der Waals surface area (Å²) in [6, 6.07) is 7.13. The first-order chi connectivity index (χ1) is 9.36. The molecule has 0 radical (unpaired) electrons. The Morgan fingerprint density at radius 3 is 2.50 bits per heavy atom. The molecule has 0 aliphatic heterocycles. The van der Waals surface area contributed by atoms with Gasteiger partial charge in [-0.2, -0.15) is 13.2 Å². The maximum atomic E-state index is 12.5. The molecule has 2 N–H and O–H groups in total. The lowest BCUT2D eigenvalue weighted by Gasteiger charge is -2.09. The topological polar surface area (TPSA) is 65.2 Å². The number of pyridine rings is 1. The summed E-state index contributed by atoms with van der Waals surface area (Å²) in [5.41, 5.74) is 4.41. The Morgan fingerprint density at radius 1 is 1.20 bits per heavy atom. The molecule has 0 fully saturated rings. The average Bonchev–Trinajstić information content (AvgIpc) is 2.38. The number of halogens is 3. The fourth-order valence-electron chi connectivity index (χ4n) is 1.44. The summed E-state index contributed by atoms with van der Waals surface area (Å²) >= 11 is 0. The molecule has 4 nitrogen and oxygen atoms in total. The highest BCUT2D eigenvalue weighted by Crippen LogP contribution is 2.32. The lowest BCUT2D eigenvalue weighted by molar-refractivity contribution is -0.137. The Morgan fingerprint density at radius 2 is 1.95 bits per heavy atom. The molecule has 0 aliphatic carbocycles. The first kappa shape index (κ1) is 13.9. The van der Waals surface area contributed by atoms with E-state index in [1.54, 1.807) is 0 Å². The van der Waals surface area contributed by atoms with Crippen molar-refractivity contribution in [2.75, 3.05) is 0 Å². The van der Waals surface area contributed by atoms with Crippen LogP contribution in [0, 0.1) is 0 Å². The van der Waals surface area contributed by atoms with Crippen LogP contribution in [-0.4, -0.2) is 10.9 Å². The molecule has 2 aromatic rings. The van der Waals surface area contributed by atoms with Gasteiger partial charge in [-0.3, -0.25) is 4.79 Å². The number of benzene rings is 1. The van der Waals surface area contributed by atoms with Crippen molar-refractivity contribution in [1.29, 1.82) is 0 Å². The average molecular weight is 282 g/mol. The molecule has 20 heavy (non-hydrogen) atoms. The number of aromatic nitrogens is 1. The van der Waals surface area contributed by atoms with Gasteiger partial charge in [-0.05, 0) is 24.3 Å². The highest BCUT2D eigenvalue weighted by molar-refractivity contribution is 5.92. The Balaban J connectivity index is 2.20. The number of rotatable bonds is 3. The van der Waals surface area contributed by atoms with E-state index in [4.69, 9.17) is 10.5 Å². The van der Waals surface area contributed by atoms with Crippen LogP contribution in [0.25, 0.3) is 0 Å². The predicted octanol–water partition coefficient (Wildman–Crippen LogP) is 2.99. The molecule has 0 atom stereocenters. The molecule has 7 heteroatoms. The number of primary amides is 1. The van der Waals surface area contributed by atoms with Gasteiger partial charge in [0.25, 0.3) is 0 Å². The molecule has 1 heterocycles. The maximum absolute atomic E-state index is 12.5. The van der Waals surface area contributed by atoms with Gasteiger partial charge in [0.05, 0.1) is 11.1 Å². The number of alkyl halides is 3. The minimum absolute atomic E-state index is 0.000787.